The molecule has 3 aromatic carbocycles. The average molecular weight is 490 g/mol. The molecule has 4 rings (SSSR count). The van der Waals surface area contributed by atoms with Gasteiger partial charge in [-0.3, -0.25) is 19.3 Å². The summed E-state index contributed by atoms with van der Waals surface area (Å²) in [5, 5.41) is -0.497. The second-order valence-corrected chi connectivity index (χ2v) is 8.59. The summed E-state index contributed by atoms with van der Waals surface area (Å²) in [6, 6.07) is 20.2. The van der Waals surface area contributed by atoms with Crippen LogP contribution >= 0.6 is 11.8 Å². The van der Waals surface area contributed by atoms with Crippen molar-refractivity contribution in [1.29, 1.82) is 0 Å². The van der Waals surface area contributed by atoms with Gasteiger partial charge in [0.25, 0.3) is 11.1 Å². The van der Waals surface area contributed by atoms with Gasteiger partial charge in [0.1, 0.15) is 0 Å². The number of amides is 2. The lowest BCUT2D eigenvalue weighted by Crippen LogP contribution is -2.33. The number of carbonyl (C=O) groups is 3. The molecule has 35 heavy (non-hydrogen) atoms. The van der Waals surface area contributed by atoms with Crippen molar-refractivity contribution < 1.29 is 28.6 Å². The molecule has 0 N–H and O–H groups in total. The molecule has 0 aliphatic carbocycles. The van der Waals surface area contributed by atoms with E-state index in [1.807, 2.05) is 42.5 Å². The molecule has 0 saturated carbocycles. The normalized spacial score (nSPS) is 14.4. The molecule has 8 heteroatoms. The minimum absolute atomic E-state index is 0.205. The number of methoxy groups -OCH3 is 3. The maximum Gasteiger partial charge on any atom is 0.293 e. The number of ketones is 1. The summed E-state index contributed by atoms with van der Waals surface area (Å²) in [4.78, 5) is 39.5. The zero-order valence-electron chi connectivity index (χ0n) is 19.4. The molecule has 0 aromatic heterocycles. The zero-order chi connectivity index (χ0) is 24.9. The van der Waals surface area contributed by atoms with Crippen LogP contribution in [0.1, 0.15) is 15.9 Å². The molecule has 1 aliphatic heterocycles. The molecular formula is C27H23NO6S. The predicted octanol–water partition coefficient (Wildman–Crippen LogP) is 5.30. The largest absolute Gasteiger partial charge is 0.493 e. The molecule has 1 fully saturated rings. The Hall–Kier alpha value is -4.04. The number of thioether (sulfide) groups is 1. The van der Waals surface area contributed by atoms with E-state index in [9.17, 15) is 14.4 Å². The van der Waals surface area contributed by atoms with E-state index in [0.717, 1.165) is 27.8 Å². The van der Waals surface area contributed by atoms with Gasteiger partial charge in [-0.2, -0.15) is 0 Å². The van der Waals surface area contributed by atoms with Gasteiger partial charge in [0.15, 0.2) is 17.3 Å². The lowest BCUT2D eigenvalue weighted by Gasteiger charge is -2.13. The number of imide groups is 1. The predicted molar refractivity (Wildman–Crippen MR) is 135 cm³/mol. The molecule has 1 saturated heterocycles. The van der Waals surface area contributed by atoms with Gasteiger partial charge >= 0.3 is 0 Å². The van der Waals surface area contributed by atoms with Crippen LogP contribution in [0.15, 0.2) is 71.6 Å². The van der Waals surface area contributed by atoms with Crippen molar-refractivity contribution >= 4 is 34.8 Å². The van der Waals surface area contributed by atoms with Gasteiger partial charge in [-0.1, -0.05) is 54.6 Å². The molecule has 178 valence electrons. The van der Waals surface area contributed by atoms with Crippen LogP contribution in [-0.2, 0) is 4.79 Å². The van der Waals surface area contributed by atoms with Crippen molar-refractivity contribution in [2.75, 3.05) is 27.9 Å². The Balaban J connectivity index is 1.51. The van der Waals surface area contributed by atoms with Crippen molar-refractivity contribution in [3.8, 4) is 28.4 Å². The third kappa shape index (κ3) is 5.07. The summed E-state index contributed by atoms with van der Waals surface area (Å²) >= 11 is 0.784. The van der Waals surface area contributed by atoms with E-state index < -0.39 is 11.1 Å². The van der Waals surface area contributed by atoms with Gasteiger partial charge in [0.2, 0.25) is 5.75 Å². The zero-order valence-corrected chi connectivity index (χ0v) is 20.3. The maximum atomic E-state index is 12.9. The number of benzene rings is 3. The fourth-order valence-corrected chi connectivity index (χ4v) is 4.52. The Bertz CT molecular complexity index is 1280. The maximum absolute atomic E-state index is 12.9. The van der Waals surface area contributed by atoms with Gasteiger partial charge in [0.05, 0.1) is 32.8 Å². The Morgan fingerprint density at radius 1 is 0.857 bits per heavy atom. The third-order valence-electron chi connectivity index (χ3n) is 5.47. The summed E-state index contributed by atoms with van der Waals surface area (Å²) in [7, 11) is 4.48. The highest BCUT2D eigenvalue weighted by Crippen LogP contribution is 2.40. The molecule has 3 aromatic rings. The van der Waals surface area contributed by atoms with Crippen LogP contribution < -0.4 is 14.2 Å². The van der Waals surface area contributed by atoms with E-state index in [2.05, 4.69) is 0 Å². The lowest BCUT2D eigenvalue weighted by atomic mass is 10.0. The highest BCUT2D eigenvalue weighted by atomic mass is 32.2. The lowest BCUT2D eigenvalue weighted by molar-refractivity contribution is -0.122. The Labute approximate surface area is 207 Å². The standard InChI is InChI=1S/C27H23NO6S/c1-32-22-13-17(14-23(33-2)25(22)34-3)15-24-26(30)28(27(31)35-24)16-21(29)20-11-9-19(10-12-20)18-7-5-4-6-8-18/h4-15H,16H2,1-3H3/b24-15+. The highest BCUT2D eigenvalue weighted by Gasteiger charge is 2.36. The summed E-state index contributed by atoms with van der Waals surface area (Å²) in [6.07, 6.45) is 1.56. The fraction of sp³-hybridized carbons (Fsp3) is 0.148. The first-order valence-corrected chi connectivity index (χ1v) is 11.5. The molecule has 2 amide bonds. The van der Waals surface area contributed by atoms with Crippen LogP contribution in [-0.4, -0.2) is 49.7 Å². The summed E-state index contributed by atoms with van der Waals surface area (Å²) in [5.74, 6) is 0.422. The summed E-state index contributed by atoms with van der Waals surface area (Å²) < 4.78 is 16.0. The first-order valence-electron chi connectivity index (χ1n) is 10.7. The van der Waals surface area contributed by atoms with E-state index >= 15 is 0 Å². The third-order valence-corrected chi connectivity index (χ3v) is 6.38. The smallest absolute Gasteiger partial charge is 0.293 e. The van der Waals surface area contributed by atoms with Gasteiger partial charge in [0, 0.05) is 5.56 Å². The number of Topliss-reactive ketones (excluding diaryl/α,β-unsaturated/α-hetero) is 1. The second kappa shape index (κ2) is 10.5. The Kier molecular flexibility index (Phi) is 7.22. The molecule has 1 aliphatic rings. The van der Waals surface area contributed by atoms with Gasteiger partial charge in [-0.25, -0.2) is 0 Å². The number of hydrogen-bond donors (Lipinski definition) is 0. The second-order valence-electron chi connectivity index (χ2n) is 7.59. The monoisotopic (exact) mass is 489 g/mol. The number of rotatable bonds is 8. The molecular weight excluding hydrogens is 466 g/mol. The highest BCUT2D eigenvalue weighted by molar-refractivity contribution is 8.18. The van der Waals surface area contributed by atoms with E-state index in [1.54, 1.807) is 30.3 Å². The molecule has 0 unspecified atom stereocenters. The van der Waals surface area contributed by atoms with Gasteiger partial charge in [-0.05, 0) is 46.7 Å². The minimum atomic E-state index is -0.525. The molecule has 7 nitrogen and oxygen atoms in total. The first kappa shape index (κ1) is 24.1. The number of hydrogen-bond acceptors (Lipinski definition) is 7. The minimum Gasteiger partial charge on any atom is -0.493 e. The summed E-state index contributed by atoms with van der Waals surface area (Å²) in [6.45, 7) is -0.331. The van der Waals surface area contributed by atoms with Crippen LogP contribution in [0.4, 0.5) is 4.79 Å². The number of ether oxygens (including phenoxy) is 3. The first-order chi connectivity index (χ1) is 16.9. The van der Waals surface area contributed by atoms with E-state index in [-0.39, 0.29) is 17.2 Å². The SMILES string of the molecule is COc1cc(/C=C2/SC(=O)N(CC(=O)c3ccc(-c4ccccc4)cc3)C2=O)cc(OC)c1OC. The topological polar surface area (TPSA) is 82.1 Å². The van der Waals surface area contributed by atoms with Crippen molar-refractivity contribution in [2.24, 2.45) is 0 Å². The van der Waals surface area contributed by atoms with Crippen LogP contribution in [0, 0.1) is 0 Å². The van der Waals surface area contributed by atoms with Crippen molar-refractivity contribution in [3.05, 3.63) is 82.8 Å². The number of carbonyl (C=O) groups excluding carboxylic acids is 3. The van der Waals surface area contributed by atoms with E-state index in [4.69, 9.17) is 14.2 Å². The average Bonchev–Trinajstić information content (AvgIpc) is 3.15. The van der Waals surface area contributed by atoms with Crippen molar-refractivity contribution in [1.82, 2.24) is 4.90 Å². The van der Waals surface area contributed by atoms with E-state index in [1.165, 1.54) is 21.3 Å². The van der Waals surface area contributed by atoms with E-state index in [0.29, 0.717) is 28.4 Å². The van der Waals surface area contributed by atoms with Crippen LogP contribution in [0.25, 0.3) is 17.2 Å². The molecule has 0 radical (unpaired) electrons. The van der Waals surface area contributed by atoms with Gasteiger partial charge < -0.3 is 14.2 Å². The Morgan fingerprint density at radius 2 is 1.46 bits per heavy atom. The fourth-order valence-electron chi connectivity index (χ4n) is 3.69. The molecule has 1 heterocycles. The van der Waals surface area contributed by atoms with Crippen LogP contribution in [0.5, 0.6) is 17.2 Å². The quantitative estimate of drug-likeness (QED) is 0.314. The van der Waals surface area contributed by atoms with Crippen molar-refractivity contribution in [2.45, 2.75) is 0 Å². The Morgan fingerprint density at radius 3 is 2.03 bits per heavy atom. The molecule has 0 atom stereocenters. The van der Waals surface area contributed by atoms with Crippen LogP contribution in [0.2, 0.25) is 0 Å². The van der Waals surface area contributed by atoms with Crippen molar-refractivity contribution in [3.63, 3.8) is 0 Å². The number of nitrogens with zero attached hydrogens (tertiary/aromatic N) is 1. The summed E-state index contributed by atoms with van der Waals surface area (Å²) in [5.41, 5.74) is 3.03. The van der Waals surface area contributed by atoms with Gasteiger partial charge in [-0.15, -0.1) is 0 Å². The van der Waals surface area contributed by atoms with Crippen LogP contribution in [0.3, 0.4) is 0 Å². The molecule has 0 bridgehead atoms. The molecule has 0 spiro atoms.